The number of rotatable bonds is 8. The van der Waals surface area contributed by atoms with Crippen LogP contribution in [0, 0.1) is 5.92 Å². The summed E-state index contributed by atoms with van der Waals surface area (Å²) in [4.78, 5) is 15.3. The Morgan fingerprint density at radius 2 is 1.62 bits per heavy atom. The van der Waals surface area contributed by atoms with Gasteiger partial charge in [0.05, 0.1) is 27.0 Å². The molecule has 2 aromatic carbocycles. The van der Waals surface area contributed by atoms with E-state index in [1.807, 2.05) is 12.1 Å². The standard InChI is InChI=1S/C26H34ClN3O4/c1-32-23-15-20(16-24(33-2)25(23)34-3)28-26(31)29-21-8-9-22(21)30-12-10-18(11-13-30)14-17-4-6-19(27)7-5-17/h4-7,15-16,18,21-22H,8-14H2,1-3H3,(H2,28,29,31)/t21?,22-/m0/s1. The van der Waals surface area contributed by atoms with Gasteiger partial charge in [-0.3, -0.25) is 4.90 Å². The Labute approximate surface area is 206 Å². The highest BCUT2D eigenvalue weighted by Gasteiger charge is 2.38. The second-order valence-electron chi connectivity index (χ2n) is 9.07. The quantitative estimate of drug-likeness (QED) is 0.550. The summed E-state index contributed by atoms with van der Waals surface area (Å²) in [6.45, 7) is 2.16. The highest BCUT2D eigenvalue weighted by atomic mass is 35.5. The summed E-state index contributed by atoms with van der Waals surface area (Å²) in [5.74, 6) is 2.20. The molecule has 34 heavy (non-hydrogen) atoms. The average molecular weight is 488 g/mol. The number of methoxy groups -OCH3 is 3. The zero-order chi connectivity index (χ0) is 24.1. The molecular weight excluding hydrogens is 454 g/mol. The molecule has 2 aromatic rings. The summed E-state index contributed by atoms with van der Waals surface area (Å²) in [5, 5.41) is 6.85. The molecule has 0 radical (unpaired) electrons. The van der Waals surface area contributed by atoms with Gasteiger partial charge in [-0.25, -0.2) is 4.79 Å². The van der Waals surface area contributed by atoms with Gasteiger partial charge < -0.3 is 24.8 Å². The fourth-order valence-electron chi connectivity index (χ4n) is 5.02. The van der Waals surface area contributed by atoms with Crippen LogP contribution in [0.2, 0.25) is 5.02 Å². The van der Waals surface area contributed by atoms with E-state index in [1.165, 1.54) is 18.4 Å². The first-order chi connectivity index (χ1) is 16.5. The van der Waals surface area contributed by atoms with Gasteiger partial charge in [-0.1, -0.05) is 23.7 Å². The van der Waals surface area contributed by atoms with E-state index in [0.717, 1.165) is 37.4 Å². The molecule has 1 heterocycles. The first kappa shape index (κ1) is 24.5. The van der Waals surface area contributed by atoms with Crippen molar-refractivity contribution >= 4 is 23.3 Å². The van der Waals surface area contributed by atoms with E-state index >= 15 is 0 Å². The predicted octanol–water partition coefficient (Wildman–Crippen LogP) is 4.97. The number of hydrogen-bond acceptors (Lipinski definition) is 5. The molecule has 1 saturated heterocycles. The highest BCUT2D eigenvalue weighted by molar-refractivity contribution is 6.30. The number of amides is 2. The van der Waals surface area contributed by atoms with E-state index in [2.05, 4.69) is 27.7 Å². The number of benzene rings is 2. The zero-order valence-electron chi connectivity index (χ0n) is 20.1. The highest BCUT2D eigenvalue weighted by Crippen LogP contribution is 2.40. The van der Waals surface area contributed by atoms with Gasteiger partial charge in [-0.15, -0.1) is 0 Å². The van der Waals surface area contributed by atoms with Crippen LogP contribution in [0.3, 0.4) is 0 Å². The Balaban J connectivity index is 1.27. The monoisotopic (exact) mass is 487 g/mol. The molecule has 1 aliphatic heterocycles. The van der Waals surface area contributed by atoms with Crippen molar-refractivity contribution in [2.45, 2.75) is 44.2 Å². The molecule has 0 bridgehead atoms. The molecule has 0 spiro atoms. The van der Waals surface area contributed by atoms with Crippen LogP contribution in [0.1, 0.15) is 31.2 Å². The minimum absolute atomic E-state index is 0.162. The molecule has 2 N–H and O–H groups in total. The lowest BCUT2D eigenvalue weighted by Crippen LogP contribution is -2.60. The number of carbonyl (C=O) groups is 1. The van der Waals surface area contributed by atoms with Crippen molar-refractivity contribution in [3.63, 3.8) is 0 Å². The molecule has 1 saturated carbocycles. The topological polar surface area (TPSA) is 72.1 Å². The maximum atomic E-state index is 12.7. The first-order valence-corrected chi connectivity index (χ1v) is 12.2. The molecule has 1 aliphatic carbocycles. The molecule has 2 aliphatic rings. The largest absolute Gasteiger partial charge is 0.493 e. The number of nitrogens with one attached hydrogen (secondary N) is 2. The van der Waals surface area contributed by atoms with Crippen LogP contribution in [0.5, 0.6) is 17.2 Å². The summed E-state index contributed by atoms with van der Waals surface area (Å²) in [7, 11) is 4.66. The normalized spacial score (nSPS) is 20.8. The van der Waals surface area contributed by atoms with E-state index < -0.39 is 0 Å². The molecule has 2 amide bonds. The first-order valence-electron chi connectivity index (χ1n) is 11.9. The predicted molar refractivity (Wildman–Crippen MR) is 135 cm³/mol. The molecular formula is C26H34ClN3O4. The van der Waals surface area contributed by atoms with E-state index in [0.29, 0.717) is 34.9 Å². The van der Waals surface area contributed by atoms with E-state index in [9.17, 15) is 4.79 Å². The van der Waals surface area contributed by atoms with Crippen LogP contribution in [0.4, 0.5) is 10.5 Å². The number of carbonyl (C=O) groups excluding carboxylic acids is 1. The fourth-order valence-corrected chi connectivity index (χ4v) is 5.15. The maximum Gasteiger partial charge on any atom is 0.319 e. The summed E-state index contributed by atoms with van der Waals surface area (Å²) in [5.41, 5.74) is 1.94. The Hall–Kier alpha value is -2.64. The molecule has 1 unspecified atom stereocenters. The van der Waals surface area contributed by atoms with Crippen molar-refractivity contribution in [1.29, 1.82) is 0 Å². The molecule has 7 nitrogen and oxygen atoms in total. The Kier molecular flexibility index (Phi) is 8.06. The SMILES string of the molecule is COc1cc(NC(=O)NC2CC[C@@H]2N2CCC(Cc3ccc(Cl)cc3)CC2)cc(OC)c1OC. The van der Waals surface area contributed by atoms with Crippen LogP contribution >= 0.6 is 11.6 Å². The summed E-state index contributed by atoms with van der Waals surface area (Å²) in [6, 6.07) is 12.0. The Morgan fingerprint density at radius 1 is 0.971 bits per heavy atom. The number of piperidine rings is 1. The summed E-state index contributed by atoms with van der Waals surface area (Å²) >= 11 is 6.01. The number of urea groups is 1. The van der Waals surface area contributed by atoms with Crippen LogP contribution < -0.4 is 24.8 Å². The van der Waals surface area contributed by atoms with Gasteiger partial charge >= 0.3 is 6.03 Å². The molecule has 2 atom stereocenters. The van der Waals surface area contributed by atoms with Gasteiger partial charge in [0.1, 0.15) is 0 Å². The van der Waals surface area contributed by atoms with Crippen LogP contribution in [-0.4, -0.2) is 57.4 Å². The van der Waals surface area contributed by atoms with Crippen molar-refractivity contribution in [2.24, 2.45) is 5.92 Å². The number of ether oxygens (including phenoxy) is 3. The minimum atomic E-state index is -0.221. The third-order valence-electron chi connectivity index (χ3n) is 7.03. The zero-order valence-corrected chi connectivity index (χ0v) is 20.9. The van der Waals surface area contributed by atoms with E-state index in [1.54, 1.807) is 33.5 Å². The average Bonchev–Trinajstić information content (AvgIpc) is 2.83. The smallest absolute Gasteiger partial charge is 0.319 e. The number of likely N-dealkylation sites (tertiary alicyclic amines) is 1. The van der Waals surface area contributed by atoms with Crippen LogP contribution in [-0.2, 0) is 6.42 Å². The molecule has 184 valence electrons. The summed E-state index contributed by atoms with van der Waals surface area (Å²) in [6.07, 6.45) is 5.59. The van der Waals surface area contributed by atoms with Crippen LogP contribution in [0.15, 0.2) is 36.4 Å². The van der Waals surface area contributed by atoms with Crippen molar-refractivity contribution < 1.29 is 19.0 Å². The Morgan fingerprint density at radius 3 is 2.15 bits per heavy atom. The third kappa shape index (κ3) is 5.70. The van der Waals surface area contributed by atoms with Crippen molar-refractivity contribution in [2.75, 3.05) is 39.7 Å². The van der Waals surface area contributed by atoms with Crippen molar-refractivity contribution in [3.05, 3.63) is 47.0 Å². The van der Waals surface area contributed by atoms with E-state index in [-0.39, 0.29) is 12.1 Å². The van der Waals surface area contributed by atoms with Gasteiger partial charge in [0.2, 0.25) is 5.75 Å². The Bertz CT molecular complexity index is 952. The van der Waals surface area contributed by atoms with Gasteiger partial charge in [0.25, 0.3) is 0 Å². The maximum absolute atomic E-state index is 12.7. The van der Waals surface area contributed by atoms with Crippen LogP contribution in [0.25, 0.3) is 0 Å². The number of nitrogens with zero attached hydrogens (tertiary/aromatic N) is 1. The molecule has 8 heteroatoms. The summed E-state index contributed by atoms with van der Waals surface area (Å²) < 4.78 is 16.1. The second-order valence-corrected chi connectivity index (χ2v) is 9.51. The van der Waals surface area contributed by atoms with E-state index in [4.69, 9.17) is 25.8 Å². The van der Waals surface area contributed by atoms with Crippen molar-refractivity contribution in [3.8, 4) is 17.2 Å². The lowest BCUT2D eigenvalue weighted by Gasteiger charge is -2.47. The van der Waals surface area contributed by atoms with Gasteiger partial charge in [-0.05, 0) is 68.8 Å². The molecule has 2 fully saturated rings. The number of halogens is 1. The lowest BCUT2D eigenvalue weighted by atomic mass is 9.82. The van der Waals surface area contributed by atoms with Crippen molar-refractivity contribution in [1.82, 2.24) is 10.2 Å². The van der Waals surface area contributed by atoms with Gasteiger partial charge in [0, 0.05) is 29.2 Å². The molecule has 0 aromatic heterocycles. The second kappa shape index (κ2) is 11.2. The van der Waals surface area contributed by atoms with Gasteiger partial charge in [0.15, 0.2) is 11.5 Å². The minimum Gasteiger partial charge on any atom is -0.493 e. The number of anilines is 1. The fraction of sp³-hybridized carbons (Fsp3) is 0.500. The lowest BCUT2D eigenvalue weighted by molar-refractivity contribution is 0.0581. The number of hydrogen-bond donors (Lipinski definition) is 2. The van der Waals surface area contributed by atoms with Gasteiger partial charge in [-0.2, -0.15) is 0 Å². The molecule has 4 rings (SSSR count). The third-order valence-corrected chi connectivity index (χ3v) is 7.28.